The minimum atomic E-state index is -0.522. The number of hydrogen-bond donors (Lipinski definition) is 3. The van der Waals surface area contributed by atoms with Crippen LogP contribution in [0.15, 0.2) is 93.9 Å². The Morgan fingerprint density at radius 1 is 0.980 bits per heavy atom. The molecule has 0 saturated heterocycles. The molecule has 1 aromatic heterocycles. The van der Waals surface area contributed by atoms with Gasteiger partial charge in [0.1, 0.15) is 10.7 Å². The van der Waals surface area contributed by atoms with E-state index in [1.54, 1.807) is 55.5 Å². The molecule has 0 saturated carbocycles. The van der Waals surface area contributed by atoms with Crippen LogP contribution in [0.4, 0.5) is 10.7 Å². The van der Waals surface area contributed by atoms with Gasteiger partial charge in [0.05, 0.1) is 17.9 Å². The van der Waals surface area contributed by atoms with Crippen LogP contribution in [0, 0.1) is 11.3 Å². The number of thiophene rings is 1. The molecule has 0 spiro atoms. The monoisotopic (exact) mass is 773 g/mol. The molecule has 4 aromatic rings. The number of anilines is 2. The van der Waals surface area contributed by atoms with Crippen LogP contribution in [-0.2, 0) is 27.2 Å². The predicted molar refractivity (Wildman–Crippen MR) is 206 cm³/mol. The van der Waals surface area contributed by atoms with Gasteiger partial charge in [0.25, 0.3) is 11.8 Å². The van der Waals surface area contributed by atoms with Crippen molar-refractivity contribution >= 4 is 79.5 Å². The van der Waals surface area contributed by atoms with Crippen molar-refractivity contribution in [3.63, 3.8) is 0 Å². The number of ether oxygens (including phenoxy) is 1. The topological polar surface area (TPSA) is 114 Å². The molecule has 1 aliphatic rings. The van der Waals surface area contributed by atoms with Crippen LogP contribution in [0.25, 0.3) is 6.08 Å². The quantitative estimate of drug-likeness (QED) is 0.0843. The Balaban J connectivity index is 1.29. The highest BCUT2D eigenvalue weighted by Gasteiger charge is 2.34. The fourth-order valence-electron chi connectivity index (χ4n) is 5.72. The molecule has 0 bridgehead atoms. The number of methoxy groups -OCH3 is 1. The van der Waals surface area contributed by atoms with Gasteiger partial charge in [-0.1, -0.05) is 73.1 Å². The Bertz CT molecular complexity index is 1920. The molecule has 1 heterocycles. The van der Waals surface area contributed by atoms with Crippen LogP contribution in [-0.4, -0.2) is 36.1 Å². The van der Waals surface area contributed by atoms with Crippen molar-refractivity contribution in [2.75, 3.05) is 17.7 Å². The molecule has 2 atom stereocenters. The average molecular weight is 775 g/mol. The second kappa shape index (κ2) is 16.2. The van der Waals surface area contributed by atoms with E-state index in [2.05, 4.69) is 52.7 Å². The van der Waals surface area contributed by atoms with Crippen LogP contribution >= 0.6 is 39.0 Å². The SMILES string of the molecule is COC(=O)c1c(NC(=O)C(C)Sc2cccc(NC(=O)/C(=C/c3ccc(Br)cc3)NC(=O)c3ccccc3)c2)sc2c1CCC(C(C)(C)C)C2. The van der Waals surface area contributed by atoms with Gasteiger partial charge >= 0.3 is 5.97 Å². The number of nitrogens with one attached hydrogen (secondary N) is 3. The number of esters is 1. The molecule has 8 nitrogen and oxygen atoms in total. The van der Waals surface area contributed by atoms with Gasteiger partial charge in [0, 0.05) is 25.5 Å². The zero-order valence-corrected chi connectivity index (χ0v) is 31.8. The van der Waals surface area contributed by atoms with E-state index in [1.807, 2.05) is 36.4 Å². The Labute approximate surface area is 309 Å². The lowest BCUT2D eigenvalue weighted by Crippen LogP contribution is -2.30. The number of thioether (sulfide) groups is 1. The van der Waals surface area contributed by atoms with Gasteiger partial charge in [0.15, 0.2) is 0 Å². The van der Waals surface area contributed by atoms with E-state index in [-0.39, 0.29) is 17.0 Å². The third-order valence-electron chi connectivity index (χ3n) is 8.60. The molecule has 5 rings (SSSR count). The Morgan fingerprint density at radius 3 is 2.38 bits per heavy atom. The number of carbonyl (C=O) groups excluding carboxylic acids is 4. The summed E-state index contributed by atoms with van der Waals surface area (Å²) in [7, 11) is 1.36. The first-order valence-electron chi connectivity index (χ1n) is 16.3. The first kappa shape index (κ1) is 37.1. The maximum atomic E-state index is 13.6. The first-order valence-corrected chi connectivity index (χ1v) is 18.8. The molecule has 0 radical (unpaired) electrons. The summed E-state index contributed by atoms with van der Waals surface area (Å²) < 4.78 is 6.01. The summed E-state index contributed by atoms with van der Waals surface area (Å²) in [5, 5.41) is 8.66. The lowest BCUT2D eigenvalue weighted by atomic mass is 9.72. The van der Waals surface area contributed by atoms with Crippen molar-refractivity contribution < 1.29 is 23.9 Å². The van der Waals surface area contributed by atoms with Gasteiger partial charge in [-0.05, 0) is 97.2 Å². The molecular weight excluding hydrogens is 734 g/mol. The molecule has 0 aliphatic heterocycles. The molecule has 3 N–H and O–H groups in total. The Morgan fingerprint density at radius 2 is 1.70 bits per heavy atom. The second-order valence-corrected chi connectivity index (χ2v) is 16.6. The van der Waals surface area contributed by atoms with Gasteiger partial charge in [-0.3, -0.25) is 14.4 Å². The van der Waals surface area contributed by atoms with Crippen molar-refractivity contribution in [2.45, 2.75) is 57.1 Å². The molecule has 50 heavy (non-hydrogen) atoms. The lowest BCUT2D eigenvalue weighted by Gasteiger charge is -2.33. The van der Waals surface area contributed by atoms with Crippen LogP contribution in [0.1, 0.15) is 70.8 Å². The predicted octanol–water partition coefficient (Wildman–Crippen LogP) is 8.98. The molecule has 11 heteroatoms. The minimum Gasteiger partial charge on any atom is -0.465 e. The molecule has 3 aromatic carbocycles. The van der Waals surface area contributed by atoms with E-state index in [0.29, 0.717) is 27.7 Å². The standard InChI is InChI=1S/C39H40BrN3O5S2/c1-23(34(44)43-37-33(38(47)48-5)30-19-16-26(39(2,3)4)21-32(30)50-37)49-29-13-9-12-28(22-29)41-36(46)31(20-24-14-17-27(40)18-15-24)42-35(45)25-10-7-6-8-11-25/h6-15,17-18,20,22-23,26H,16,19,21H2,1-5H3,(H,41,46)(H,42,45)(H,43,44)/b31-20-. The van der Waals surface area contributed by atoms with Crippen LogP contribution in [0.5, 0.6) is 0 Å². The minimum absolute atomic E-state index is 0.0702. The zero-order chi connectivity index (χ0) is 36.0. The van der Waals surface area contributed by atoms with E-state index in [4.69, 9.17) is 4.74 Å². The van der Waals surface area contributed by atoms with Gasteiger partial charge in [-0.15, -0.1) is 23.1 Å². The summed E-state index contributed by atoms with van der Waals surface area (Å²) >= 11 is 6.21. The summed E-state index contributed by atoms with van der Waals surface area (Å²) in [6, 6.07) is 23.2. The van der Waals surface area contributed by atoms with Crippen molar-refractivity contribution in [3.05, 3.63) is 116 Å². The third kappa shape index (κ3) is 9.32. The first-order chi connectivity index (χ1) is 23.8. The molecule has 2 unspecified atom stereocenters. The number of fused-ring (bicyclic) bond motifs is 1. The van der Waals surface area contributed by atoms with Gasteiger partial charge in [-0.2, -0.15) is 0 Å². The van der Waals surface area contributed by atoms with Crippen molar-refractivity contribution in [2.24, 2.45) is 11.3 Å². The summed E-state index contributed by atoms with van der Waals surface area (Å²) in [5.74, 6) is -1.12. The maximum Gasteiger partial charge on any atom is 0.341 e. The summed E-state index contributed by atoms with van der Waals surface area (Å²) in [6.45, 7) is 8.51. The van der Waals surface area contributed by atoms with Crippen LogP contribution < -0.4 is 16.0 Å². The number of rotatable bonds is 10. The Kier molecular flexibility index (Phi) is 12.0. The summed E-state index contributed by atoms with van der Waals surface area (Å²) in [5.41, 5.74) is 3.30. The van der Waals surface area contributed by atoms with E-state index in [1.165, 1.54) is 30.2 Å². The van der Waals surface area contributed by atoms with E-state index < -0.39 is 23.0 Å². The molecule has 3 amide bonds. The van der Waals surface area contributed by atoms with E-state index >= 15 is 0 Å². The number of amides is 3. The zero-order valence-electron chi connectivity index (χ0n) is 28.6. The second-order valence-electron chi connectivity index (χ2n) is 13.2. The average Bonchev–Trinajstić information content (AvgIpc) is 3.45. The smallest absolute Gasteiger partial charge is 0.341 e. The van der Waals surface area contributed by atoms with Crippen LogP contribution in [0.2, 0.25) is 0 Å². The molecule has 260 valence electrons. The fourth-order valence-corrected chi connectivity index (χ4v) is 8.23. The normalized spacial score (nSPS) is 15.0. The highest BCUT2D eigenvalue weighted by atomic mass is 79.9. The van der Waals surface area contributed by atoms with Gasteiger partial charge in [0.2, 0.25) is 5.91 Å². The molecule has 1 aliphatic carbocycles. The molecule has 0 fully saturated rings. The van der Waals surface area contributed by atoms with Crippen molar-refractivity contribution in [1.82, 2.24) is 5.32 Å². The lowest BCUT2D eigenvalue weighted by molar-refractivity contribution is -0.115. The maximum absolute atomic E-state index is 13.6. The van der Waals surface area contributed by atoms with E-state index in [9.17, 15) is 19.2 Å². The Hall–Kier alpha value is -4.19. The highest BCUT2D eigenvalue weighted by Crippen LogP contribution is 2.44. The number of halogens is 1. The van der Waals surface area contributed by atoms with E-state index in [0.717, 1.165) is 44.6 Å². The number of benzene rings is 3. The van der Waals surface area contributed by atoms with Crippen LogP contribution in [0.3, 0.4) is 0 Å². The third-order valence-corrected chi connectivity index (χ3v) is 11.4. The number of carbonyl (C=O) groups is 4. The largest absolute Gasteiger partial charge is 0.465 e. The van der Waals surface area contributed by atoms with Gasteiger partial charge in [-0.25, -0.2) is 4.79 Å². The van der Waals surface area contributed by atoms with Crippen molar-refractivity contribution in [3.8, 4) is 0 Å². The number of hydrogen-bond acceptors (Lipinski definition) is 7. The summed E-state index contributed by atoms with van der Waals surface area (Å²) in [4.78, 5) is 54.8. The summed E-state index contributed by atoms with van der Waals surface area (Å²) in [6.07, 6.45) is 4.22. The fraction of sp³-hybridized carbons (Fsp3) is 0.282. The molecular formula is C39H40BrN3O5S2. The highest BCUT2D eigenvalue weighted by molar-refractivity contribution is 9.10. The van der Waals surface area contributed by atoms with Gasteiger partial charge < -0.3 is 20.7 Å². The van der Waals surface area contributed by atoms with Crippen molar-refractivity contribution in [1.29, 1.82) is 0 Å².